The van der Waals surface area contributed by atoms with E-state index in [1.165, 1.54) is 60.1 Å². The Morgan fingerprint density at radius 1 is 1.03 bits per heavy atom. The Bertz CT molecular complexity index is 948. The van der Waals surface area contributed by atoms with Crippen LogP contribution in [-0.4, -0.2) is 12.6 Å². The van der Waals surface area contributed by atoms with Gasteiger partial charge in [0.1, 0.15) is 4.88 Å². The number of hydrogen-bond donors (Lipinski definition) is 0. The Labute approximate surface area is 199 Å². The molecule has 2 aromatic rings. The van der Waals surface area contributed by atoms with Crippen molar-refractivity contribution in [3.05, 3.63) is 62.9 Å². The third kappa shape index (κ3) is 5.73. The van der Waals surface area contributed by atoms with Crippen molar-refractivity contribution in [2.75, 3.05) is 6.61 Å². The number of carbonyl (C=O) groups excluding carboxylic acids is 1. The van der Waals surface area contributed by atoms with Gasteiger partial charge in [-0.25, -0.2) is 4.79 Å². The van der Waals surface area contributed by atoms with E-state index in [9.17, 15) is 4.79 Å². The molecule has 1 heterocycles. The van der Waals surface area contributed by atoms with Crippen molar-refractivity contribution in [1.82, 2.24) is 0 Å². The van der Waals surface area contributed by atoms with Crippen LogP contribution in [0.5, 0.6) is 0 Å². The first-order valence-electron chi connectivity index (χ1n) is 12.3. The van der Waals surface area contributed by atoms with E-state index in [-0.39, 0.29) is 16.8 Å². The smallest absolute Gasteiger partial charge is 0.348 e. The summed E-state index contributed by atoms with van der Waals surface area (Å²) in [6, 6.07) is 11.2. The highest BCUT2D eigenvalue weighted by molar-refractivity contribution is 7.14. The molecule has 1 aromatic carbocycles. The molecule has 1 aliphatic carbocycles. The Kier molecular flexibility index (Phi) is 8.03. The molecule has 0 amide bonds. The molecule has 0 saturated heterocycles. The second kappa shape index (κ2) is 10.4. The lowest BCUT2D eigenvalue weighted by Gasteiger charge is -2.42. The van der Waals surface area contributed by atoms with E-state index >= 15 is 0 Å². The van der Waals surface area contributed by atoms with Gasteiger partial charge in [-0.2, -0.15) is 0 Å². The summed E-state index contributed by atoms with van der Waals surface area (Å²) < 4.78 is 5.14. The number of benzene rings is 1. The number of unbranched alkanes of at least 4 members (excludes halogenated alkanes) is 2. The van der Waals surface area contributed by atoms with Crippen LogP contribution in [0.4, 0.5) is 0 Å². The van der Waals surface area contributed by atoms with Gasteiger partial charge < -0.3 is 4.74 Å². The van der Waals surface area contributed by atoms with Crippen molar-refractivity contribution < 1.29 is 9.53 Å². The Morgan fingerprint density at radius 3 is 2.44 bits per heavy atom. The normalized spacial score (nSPS) is 17.8. The Balaban J connectivity index is 1.89. The van der Waals surface area contributed by atoms with Crippen molar-refractivity contribution in [2.24, 2.45) is 0 Å². The first-order chi connectivity index (χ1) is 15.2. The monoisotopic (exact) mass is 452 g/mol. The molecule has 3 heteroatoms. The SMILES string of the molecule is CCCCCC(C=Cc1ccc(C(=O)OCC)s1)c1ccc2c(c1)C(C)(C)CCC2(C)C. The standard InChI is InChI=1S/C29H40O2S/c1-7-9-10-11-21(12-14-23-15-17-26(32-23)27(30)31-8-2)22-13-16-24-25(20-22)29(5,6)19-18-28(24,3)4/h12-17,20-21H,7-11,18-19H2,1-6H3. The van der Waals surface area contributed by atoms with Gasteiger partial charge in [0.2, 0.25) is 0 Å². The van der Waals surface area contributed by atoms with Crippen LogP contribution in [0.15, 0.2) is 36.4 Å². The van der Waals surface area contributed by atoms with E-state index in [0.29, 0.717) is 17.4 Å². The van der Waals surface area contributed by atoms with E-state index in [4.69, 9.17) is 4.74 Å². The van der Waals surface area contributed by atoms with Crippen LogP contribution >= 0.6 is 11.3 Å². The quantitative estimate of drug-likeness (QED) is 0.281. The van der Waals surface area contributed by atoms with Crippen molar-refractivity contribution in [1.29, 1.82) is 0 Å². The van der Waals surface area contributed by atoms with Crippen LogP contribution in [-0.2, 0) is 15.6 Å². The molecule has 174 valence electrons. The summed E-state index contributed by atoms with van der Waals surface area (Å²) in [5, 5.41) is 0. The molecule has 0 aliphatic heterocycles. The number of esters is 1. The van der Waals surface area contributed by atoms with Crippen molar-refractivity contribution in [2.45, 2.75) is 96.8 Å². The third-order valence-corrected chi connectivity index (χ3v) is 8.05. The largest absolute Gasteiger partial charge is 0.462 e. The van der Waals surface area contributed by atoms with Crippen molar-refractivity contribution >= 4 is 23.4 Å². The lowest BCUT2D eigenvalue weighted by atomic mass is 9.62. The van der Waals surface area contributed by atoms with Gasteiger partial charge in [-0.1, -0.05) is 78.2 Å². The molecule has 1 aliphatic rings. The van der Waals surface area contributed by atoms with Crippen molar-refractivity contribution in [3.63, 3.8) is 0 Å². The van der Waals surface area contributed by atoms with Gasteiger partial charge in [-0.15, -0.1) is 11.3 Å². The average molecular weight is 453 g/mol. The zero-order chi connectivity index (χ0) is 23.4. The van der Waals surface area contributed by atoms with Crippen LogP contribution in [0, 0.1) is 0 Å². The summed E-state index contributed by atoms with van der Waals surface area (Å²) in [6.07, 6.45) is 11.9. The minimum absolute atomic E-state index is 0.223. The summed E-state index contributed by atoms with van der Waals surface area (Å²) in [7, 11) is 0. The minimum atomic E-state index is -0.226. The van der Waals surface area contributed by atoms with Gasteiger partial charge in [-0.05, 0) is 71.9 Å². The number of rotatable bonds is 9. The van der Waals surface area contributed by atoms with Gasteiger partial charge in [0, 0.05) is 10.8 Å². The zero-order valence-electron chi connectivity index (χ0n) is 20.8. The number of fused-ring (bicyclic) bond motifs is 1. The zero-order valence-corrected chi connectivity index (χ0v) is 21.6. The number of allylic oxidation sites excluding steroid dienone is 1. The predicted molar refractivity (Wildman–Crippen MR) is 138 cm³/mol. The summed E-state index contributed by atoms with van der Waals surface area (Å²) in [5.41, 5.74) is 4.94. The van der Waals surface area contributed by atoms with E-state index in [1.54, 1.807) is 0 Å². The molecule has 1 atom stereocenters. The molecule has 1 unspecified atom stereocenters. The Morgan fingerprint density at radius 2 is 1.75 bits per heavy atom. The lowest BCUT2D eigenvalue weighted by molar-refractivity contribution is 0.0532. The molecular weight excluding hydrogens is 412 g/mol. The minimum Gasteiger partial charge on any atom is -0.462 e. The molecule has 2 nitrogen and oxygen atoms in total. The molecule has 1 aromatic heterocycles. The van der Waals surface area contributed by atoms with E-state index in [2.05, 4.69) is 65.0 Å². The van der Waals surface area contributed by atoms with Gasteiger partial charge in [0.15, 0.2) is 0 Å². The van der Waals surface area contributed by atoms with Crippen LogP contribution in [0.3, 0.4) is 0 Å². The van der Waals surface area contributed by atoms with Gasteiger partial charge in [0.05, 0.1) is 6.61 Å². The lowest BCUT2D eigenvalue weighted by Crippen LogP contribution is -2.34. The summed E-state index contributed by atoms with van der Waals surface area (Å²) in [6.45, 7) is 14.1. The predicted octanol–water partition coefficient (Wildman–Crippen LogP) is 8.65. The summed E-state index contributed by atoms with van der Waals surface area (Å²) in [4.78, 5) is 13.8. The molecule has 0 fully saturated rings. The van der Waals surface area contributed by atoms with Gasteiger partial charge in [0.25, 0.3) is 0 Å². The van der Waals surface area contributed by atoms with Gasteiger partial charge in [-0.3, -0.25) is 0 Å². The molecule has 0 N–H and O–H groups in total. The molecule has 0 spiro atoms. The van der Waals surface area contributed by atoms with Gasteiger partial charge >= 0.3 is 5.97 Å². The molecular formula is C29H40O2S. The maximum absolute atomic E-state index is 12.0. The maximum atomic E-state index is 12.0. The third-order valence-electron chi connectivity index (χ3n) is 7.02. The Hall–Kier alpha value is -1.87. The first kappa shape index (κ1) is 24.8. The fourth-order valence-corrected chi connectivity index (χ4v) is 5.61. The topological polar surface area (TPSA) is 26.3 Å². The summed E-state index contributed by atoms with van der Waals surface area (Å²) in [5.74, 6) is 0.164. The highest BCUT2D eigenvalue weighted by atomic mass is 32.1. The van der Waals surface area contributed by atoms with Crippen molar-refractivity contribution in [3.8, 4) is 0 Å². The number of thiophene rings is 1. The maximum Gasteiger partial charge on any atom is 0.348 e. The molecule has 0 bridgehead atoms. The fraction of sp³-hybridized carbons (Fsp3) is 0.552. The second-order valence-corrected chi connectivity index (χ2v) is 11.6. The van der Waals surface area contributed by atoms with E-state index in [0.717, 1.165) is 11.3 Å². The van der Waals surface area contributed by atoms with Crippen LogP contribution in [0.1, 0.15) is 117 Å². The molecule has 0 saturated carbocycles. The molecule has 32 heavy (non-hydrogen) atoms. The van der Waals surface area contributed by atoms with E-state index < -0.39 is 0 Å². The average Bonchev–Trinajstić information content (AvgIpc) is 3.23. The van der Waals surface area contributed by atoms with Crippen LogP contribution in [0.2, 0.25) is 0 Å². The highest BCUT2D eigenvalue weighted by Crippen LogP contribution is 2.46. The number of ether oxygens (including phenoxy) is 1. The van der Waals surface area contributed by atoms with Crippen LogP contribution in [0.25, 0.3) is 6.08 Å². The highest BCUT2D eigenvalue weighted by Gasteiger charge is 2.37. The number of hydrogen-bond acceptors (Lipinski definition) is 3. The first-order valence-corrected chi connectivity index (χ1v) is 13.1. The van der Waals surface area contributed by atoms with Crippen LogP contribution < -0.4 is 0 Å². The number of carbonyl (C=O) groups is 1. The molecule has 3 rings (SSSR count). The fourth-order valence-electron chi connectivity index (χ4n) is 4.79. The summed E-state index contributed by atoms with van der Waals surface area (Å²) >= 11 is 1.51. The second-order valence-electron chi connectivity index (χ2n) is 10.5. The molecule has 0 radical (unpaired) electrons. The van der Waals surface area contributed by atoms with E-state index in [1.807, 2.05) is 19.1 Å².